The number of Topliss-reactive ketones (excluding diaryl/α,β-unsaturated/α-hetero) is 1. The van der Waals surface area contributed by atoms with Crippen molar-refractivity contribution in [1.29, 1.82) is 0 Å². The minimum Gasteiger partial charge on any atom is -0.365 e. The first kappa shape index (κ1) is 23.1. The molecular formula is C21H25N3O5S2. The largest absolute Gasteiger partial charge is 0.365 e. The lowest BCUT2D eigenvalue weighted by molar-refractivity contribution is -0.120. The normalized spacial score (nSPS) is 15.6. The van der Waals surface area contributed by atoms with Gasteiger partial charge in [0.25, 0.3) is 5.91 Å². The summed E-state index contributed by atoms with van der Waals surface area (Å²) < 4.78 is 27.2. The number of nitrogens with one attached hydrogen (secondary N) is 1. The van der Waals surface area contributed by atoms with Crippen LogP contribution in [-0.4, -0.2) is 43.4 Å². The molecule has 1 aromatic heterocycles. The molecule has 1 fully saturated rings. The van der Waals surface area contributed by atoms with Gasteiger partial charge in [-0.15, -0.1) is 11.3 Å². The second-order valence-electron chi connectivity index (χ2n) is 7.60. The Kier molecular flexibility index (Phi) is 6.63. The molecule has 8 nitrogen and oxygen atoms in total. The van der Waals surface area contributed by atoms with E-state index in [1.807, 2.05) is 6.92 Å². The number of thiophene rings is 1. The second kappa shape index (κ2) is 8.89. The van der Waals surface area contributed by atoms with Crippen molar-refractivity contribution in [2.24, 2.45) is 11.7 Å². The van der Waals surface area contributed by atoms with E-state index in [1.54, 1.807) is 19.1 Å². The number of primary amides is 1. The number of nitrogens with two attached hydrogens (primary N) is 1. The maximum atomic E-state index is 13.0. The van der Waals surface area contributed by atoms with E-state index in [9.17, 15) is 22.8 Å². The standard InChI is InChI=1S/C21H25N3O5S2/c1-12-14(3)30-21(18(12)19(22)26)23-20(27)15-7-9-24(10-8-15)31(28,29)17-6-4-5-16(11-17)13(2)25/h4-6,11,15H,7-10H2,1-3H3,(H2,22,26)(H,23,27). The third-order valence-corrected chi connectivity index (χ3v) is 8.59. The van der Waals surface area contributed by atoms with Crippen LogP contribution in [0.4, 0.5) is 5.00 Å². The maximum Gasteiger partial charge on any atom is 0.251 e. The van der Waals surface area contributed by atoms with Gasteiger partial charge in [0.1, 0.15) is 5.00 Å². The second-order valence-corrected chi connectivity index (χ2v) is 10.8. The van der Waals surface area contributed by atoms with Crippen LogP contribution in [0.15, 0.2) is 29.2 Å². The monoisotopic (exact) mass is 463 g/mol. The molecule has 1 aliphatic heterocycles. The van der Waals surface area contributed by atoms with Crippen molar-refractivity contribution in [1.82, 2.24) is 4.31 Å². The van der Waals surface area contributed by atoms with Crippen molar-refractivity contribution in [2.75, 3.05) is 18.4 Å². The molecule has 0 aliphatic carbocycles. The Morgan fingerprint density at radius 1 is 1.16 bits per heavy atom. The van der Waals surface area contributed by atoms with Gasteiger partial charge < -0.3 is 11.1 Å². The molecule has 3 rings (SSSR count). The highest BCUT2D eigenvalue weighted by Gasteiger charge is 2.33. The molecule has 0 radical (unpaired) electrons. The van der Waals surface area contributed by atoms with Crippen LogP contribution in [0.25, 0.3) is 0 Å². The number of carbonyl (C=O) groups is 3. The van der Waals surface area contributed by atoms with Crippen LogP contribution in [0.2, 0.25) is 0 Å². The highest BCUT2D eigenvalue weighted by atomic mass is 32.2. The first-order chi connectivity index (χ1) is 14.5. The summed E-state index contributed by atoms with van der Waals surface area (Å²) in [5.74, 6) is -1.43. The molecular weight excluding hydrogens is 438 g/mol. The Morgan fingerprint density at radius 3 is 2.39 bits per heavy atom. The molecule has 2 heterocycles. The Morgan fingerprint density at radius 2 is 1.81 bits per heavy atom. The van der Waals surface area contributed by atoms with E-state index in [2.05, 4.69) is 5.32 Å². The highest BCUT2D eigenvalue weighted by Crippen LogP contribution is 2.33. The van der Waals surface area contributed by atoms with Gasteiger partial charge in [-0.1, -0.05) is 12.1 Å². The van der Waals surface area contributed by atoms with Gasteiger partial charge in [-0.2, -0.15) is 4.31 Å². The fraction of sp³-hybridized carbons (Fsp3) is 0.381. The predicted molar refractivity (Wildman–Crippen MR) is 119 cm³/mol. The molecule has 166 valence electrons. The molecule has 2 aromatic rings. The van der Waals surface area contributed by atoms with Crippen LogP contribution in [0.1, 0.15) is 50.9 Å². The van der Waals surface area contributed by atoms with Crippen LogP contribution < -0.4 is 11.1 Å². The molecule has 3 N–H and O–H groups in total. The summed E-state index contributed by atoms with van der Waals surface area (Å²) in [6.07, 6.45) is 0.708. The average molecular weight is 464 g/mol. The van der Waals surface area contributed by atoms with Crippen molar-refractivity contribution in [3.8, 4) is 0 Å². The lowest BCUT2D eigenvalue weighted by Crippen LogP contribution is -2.41. The van der Waals surface area contributed by atoms with Crippen molar-refractivity contribution in [3.05, 3.63) is 45.8 Å². The van der Waals surface area contributed by atoms with Gasteiger partial charge in [0.15, 0.2) is 5.78 Å². The number of anilines is 1. The van der Waals surface area contributed by atoms with E-state index >= 15 is 0 Å². The van der Waals surface area contributed by atoms with Gasteiger partial charge in [0.2, 0.25) is 15.9 Å². The number of hydrogen-bond acceptors (Lipinski definition) is 6. The van der Waals surface area contributed by atoms with E-state index in [0.717, 1.165) is 10.4 Å². The van der Waals surface area contributed by atoms with Gasteiger partial charge in [0, 0.05) is 29.4 Å². The number of hydrogen-bond donors (Lipinski definition) is 2. The lowest BCUT2D eigenvalue weighted by Gasteiger charge is -2.30. The average Bonchev–Trinajstić information content (AvgIpc) is 3.01. The molecule has 10 heteroatoms. The van der Waals surface area contributed by atoms with Gasteiger partial charge >= 0.3 is 0 Å². The first-order valence-electron chi connectivity index (χ1n) is 9.84. The van der Waals surface area contributed by atoms with Gasteiger partial charge in [-0.3, -0.25) is 14.4 Å². The van der Waals surface area contributed by atoms with Crippen molar-refractivity contribution < 1.29 is 22.8 Å². The smallest absolute Gasteiger partial charge is 0.251 e. The fourth-order valence-electron chi connectivity index (χ4n) is 3.61. The van der Waals surface area contributed by atoms with E-state index in [-0.39, 0.29) is 35.6 Å². The molecule has 0 bridgehead atoms. The summed E-state index contributed by atoms with van der Waals surface area (Å²) in [6.45, 7) is 5.40. The SMILES string of the molecule is CC(=O)c1cccc(S(=O)(=O)N2CCC(C(=O)Nc3sc(C)c(C)c3C(N)=O)CC2)c1. The molecule has 0 atom stereocenters. The Balaban J connectivity index is 1.69. The zero-order valence-electron chi connectivity index (χ0n) is 17.6. The van der Waals surface area contributed by atoms with E-state index < -0.39 is 15.9 Å². The number of rotatable bonds is 6. The lowest BCUT2D eigenvalue weighted by atomic mass is 9.97. The van der Waals surface area contributed by atoms with Gasteiger partial charge in [-0.25, -0.2) is 8.42 Å². The quantitative estimate of drug-likeness (QED) is 0.637. The van der Waals surface area contributed by atoms with E-state index in [4.69, 9.17) is 5.73 Å². The summed E-state index contributed by atoms with van der Waals surface area (Å²) in [5.41, 5.74) is 6.86. The molecule has 1 aromatic carbocycles. The molecule has 2 amide bonds. The summed E-state index contributed by atoms with van der Waals surface area (Å²) in [5, 5.41) is 3.24. The molecule has 1 aliphatic rings. The maximum absolute atomic E-state index is 13.0. The Hall–Kier alpha value is -2.56. The summed E-state index contributed by atoms with van der Waals surface area (Å²) >= 11 is 1.30. The van der Waals surface area contributed by atoms with Crippen molar-refractivity contribution in [3.63, 3.8) is 0 Å². The van der Waals surface area contributed by atoms with Gasteiger partial charge in [-0.05, 0) is 51.3 Å². The summed E-state index contributed by atoms with van der Waals surface area (Å²) in [7, 11) is -3.76. The predicted octanol–water partition coefficient (Wildman–Crippen LogP) is 2.71. The zero-order chi connectivity index (χ0) is 22.9. The van der Waals surface area contributed by atoms with Crippen LogP contribution in [0, 0.1) is 19.8 Å². The van der Waals surface area contributed by atoms with Crippen molar-refractivity contribution in [2.45, 2.75) is 38.5 Å². The minimum atomic E-state index is -3.76. The number of amides is 2. The molecule has 0 unspecified atom stereocenters. The number of carbonyl (C=O) groups excluding carboxylic acids is 3. The number of piperidine rings is 1. The number of nitrogens with zero attached hydrogens (tertiary/aromatic N) is 1. The van der Waals surface area contributed by atoms with Crippen LogP contribution in [-0.2, 0) is 14.8 Å². The summed E-state index contributed by atoms with van der Waals surface area (Å²) in [6, 6.07) is 5.97. The van der Waals surface area contributed by atoms with Crippen LogP contribution in [0.3, 0.4) is 0 Å². The molecule has 31 heavy (non-hydrogen) atoms. The number of ketones is 1. The zero-order valence-corrected chi connectivity index (χ0v) is 19.2. The molecule has 0 saturated carbocycles. The fourth-order valence-corrected chi connectivity index (χ4v) is 6.19. The molecule has 1 saturated heterocycles. The van der Waals surface area contributed by atoms with E-state index in [1.165, 1.54) is 34.7 Å². The highest BCUT2D eigenvalue weighted by molar-refractivity contribution is 7.89. The molecule has 0 spiro atoms. The third kappa shape index (κ3) is 4.70. The third-order valence-electron chi connectivity index (χ3n) is 5.57. The van der Waals surface area contributed by atoms with Crippen LogP contribution in [0.5, 0.6) is 0 Å². The van der Waals surface area contributed by atoms with E-state index in [0.29, 0.717) is 29.0 Å². The Bertz CT molecular complexity index is 1150. The summed E-state index contributed by atoms with van der Waals surface area (Å²) in [4.78, 5) is 37.0. The number of aryl methyl sites for hydroxylation is 1. The Labute approximate surface area is 185 Å². The van der Waals surface area contributed by atoms with Crippen molar-refractivity contribution >= 4 is 44.0 Å². The van der Waals surface area contributed by atoms with Crippen LogP contribution >= 0.6 is 11.3 Å². The first-order valence-corrected chi connectivity index (χ1v) is 12.1. The topological polar surface area (TPSA) is 127 Å². The number of sulfonamides is 1. The van der Waals surface area contributed by atoms with Gasteiger partial charge in [0.05, 0.1) is 10.5 Å². The minimum absolute atomic E-state index is 0.0683. The number of benzene rings is 1.